The van der Waals surface area contributed by atoms with E-state index in [1.807, 2.05) is 14.0 Å². The summed E-state index contributed by atoms with van der Waals surface area (Å²) >= 11 is 0. The maximum absolute atomic E-state index is 13.1. The second kappa shape index (κ2) is 5.64. The highest BCUT2D eigenvalue weighted by Crippen LogP contribution is 2.14. The van der Waals surface area contributed by atoms with E-state index in [1.54, 1.807) is 29.2 Å². The normalized spacial score (nSPS) is 12.4. The molecule has 0 fully saturated rings. The molecule has 1 aromatic heterocycles. The Morgan fingerprint density at radius 1 is 1.50 bits per heavy atom. The molecule has 5 heteroatoms. The molecule has 0 saturated heterocycles. The van der Waals surface area contributed by atoms with Crippen molar-refractivity contribution in [3.63, 3.8) is 0 Å². The van der Waals surface area contributed by atoms with Gasteiger partial charge >= 0.3 is 0 Å². The molecule has 0 aliphatic rings. The van der Waals surface area contributed by atoms with E-state index in [1.165, 1.54) is 12.1 Å². The van der Waals surface area contributed by atoms with E-state index in [-0.39, 0.29) is 11.9 Å². The van der Waals surface area contributed by atoms with Gasteiger partial charge in [0, 0.05) is 6.04 Å². The second-order valence-electron chi connectivity index (χ2n) is 4.10. The Hall–Kier alpha value is -1.88. The Labute approximate surface area is 105 Å². The van der Waals surface area contributed by atoms with E-state index in [0.717, 1.165) is 0 Å². The van der Waals surface area contributed by atoms with Crippen molar-refractivity contribution in [2.75, 3.05) is 13.7 Å². The number of nitrogens with zero attached hydrogens (tertiary/aromatic N) is 2. The zero-order valence-corrected chi connectivity index (χ0v) is 10.4. The van der Waals surface area contributed by atoms with Gasteiger partial charge in [0.15, 0.2) is 5.75 Å². The SMILES string of the molecule is CNC(C)COc1cnn(-c2cccc(F)c2)c1. The molecule has 0 aliphatic heterocycles. The monoisotopic (exact) mass is 249 g/mol. The smallest absolute Gasteiger partial charge is 0.157 e. The fraction of sp³-hybridized carbons (Fsp3) is 0.308. The van der Waals surface area contributed by atoms with Crippen LogP contribution in [-0.4, -0.2) is 29.5 Å². The fourth-order valence-corrected chi connectivity index (χ4v) is 1.45. The summed E-state index contributed by atoms with van der Waals surface area (Å²) in [4.78, 5) is 0. The number of halogens is 1. The van der Waals surface area contributed by atoms with Gasteiger partial charge in [-0.15, -0.1) is 0 Å². The molecule has 2 aromatic rings. The van der Waals surface area contributed by atoms with Crippen molar-refractivity contribution in [2.45, 2.75) is 13.0 Å². The van der Waals surface area contributed by atoms with Crippen LogP contribution in [0.25, 0.3) is 5.69 Å². The third-order valence-electron chi connectivity index (χ3n) is 2.62. The number of nitrogens with one attached hydrogen (secondary N) is 1. The Kier molecular flexibility index (Phi) is 3.94. The van der Waals surface area contributed by atoms with Gasteiger partial charge in [0.2, 0.25) is 0 Å². The Morgan fingerprint density at radius 3 is 3.06 bits per heavy atom. The molecule has 0 spiro atoms. The van der Waals surface area contributed by atoms with Gasteiger partial charge in [-0.25, -0.2) is 9.07 Å². The standard InChI is InChI=1S/C13H16FN3O/c1-10(15-2)9-18-13-7-16-17(8-13)12-5-3-4-11(14)6-12/h3-8,10,15H,9H2,1-2H3. The Morgan fingerprint density at radius 2 is 2.33 bits per heavy atom. The number of ether oxygens (including phenoxy) is 1. The first-order chi connectivity index (χ1) is 8.69. The van der Waals surface area contributed by atoms with Crippen molar-refractivity contribution in [3.8, 4) is 11.4 Å². The maximum Gasteiger partial charge on any atom is 0.157 e. The minimum Gasteiger partial charge on any atom is -0.489 e. The quantitative estimate of drug-likeness (QED) is 0.881. The van der Waals surface area contributed by atoms with E-state index in [2.05, 4.69) is 10.4 Å². The molecule has 1 N–H and O–H groups in total. The zero-order valence-electron chi connectivity index (χ0n) is 10.4. The molecule has 0 bridgehead atoms. The van der Waals surface area contributed by atoms with Crippen molar-refractivity contribution in [2.24, 2.45) is 0 Å². The predicted molar refractivity (Wildman–Crippen MR) is 67.5 cm³/mol. The van der Waals surface area contributed by atoms with Crippen LogP contribution < -0.4 is 10.1 Å². The highest BCUT2D eigenvalue weighted by Gasteiger charge is 2.04. The van der Waals surface area contributed by atoms with E-state index in [4.69, 9.17) is 4.74 Å². The molecule has 0 amide bonds. The number of hydrogen-bond acceptors (Lipinski definition) is 3. The van der Waals surface area contributed by atoms with Crippen LogP contribution in [0.15, 0.2) is 36.7 Å². The average molecular weight is 249 g/mol. The fourth-order valence-electron chi connectivity index (χ4n) is 1.45. The van der Waals surface area contributed by atoms with E-state index in [9.17, 15) is 4.39 Å². The van der Waals surface area contributed by atoms with Crippen LogP contribution >= 0.6 is 0 Å². The highest BCUT2D eigenvalue weighted by molar-refractivity contribution is 5.32. The maximum atomic E-state index is 13.1. The summed E-state index contributed by atoms with van der Waals surface area (Å²) in [7, 11) is 1.88. The zero-order chi connectivity index (χ0) is 13.0. The van der Waals surface area contributed by atoms with Gasteiger partial charge in [-0.1, -0.05) is 6.07 Å². The summed E-state index contributed by atoms with van der Waals surface area (Å²) in [6.45, 7) is 2.59. The van der Waals surface area contributed by atoms with Crippen LogP contribution in [0.3, 0.4) is 0 Å². The summed E-state index contributed by atoms with van der Waals surface area (Å²) < 4.78 is 20.2. The summed E-state index contributed by atoms with van der Waals surface area (Å²) in [6.07, 6.45) is 3.35. The highest BCUT2D eigenvalue weighted by atomic mass is 19.1. The molecule has 0 aliphatic carbocycles. The van der Waals surface area contributed by atoms with Gasteiger partial charge in [0.1, 0.15) is 12.4 Å². The van der Waals surface area contributed by atoms with Crippen LogP contribution in [0.2, 0.25) is 0 Å². The van der Waals surface area contributed by atoms with E-state index in [0.29, 0.717) is 18.0 Å². The van der Waals surface area contributed by atoms with Crippen molar-refractivity contribution >= 4 is 0 Å². The van der Waals surface area contributed by atoms with Crippen LogP contribution in [0.5, 0.6) is 5.75 Å². The molecule has 0 radical (unpaired) electrons. The van der Waals surface area contributed by atoms with Crippen LogP contribution in [0.4, 0.5) is 4.39 Å². The number of hydrogen-bond donors (Lipinski definition) is 1. The van der Waals surface area contributed by atoms with Gasteiger partial charge in [0.05, 0.1) is 18.1 Å². The number of benzene rings is 1. The summed E-state index contributed by atoms with van der Waals surface area (Å²) in [6, 6.07) is 6.53. The predicted octanol–water partition coefficient (Wildman–Crippen LogP) is 2.00. The largest absolute Gasteiger partial charge is 0.489 e. The molecular formula is C13H16FN3O. The Balaban J connectivity index is 2.06. The summed E-state index contributed by atoms with van der Waals surface area (Å²) in [5.41, 5.74) is 0.673. The topological polar surface area (TPSA) is 39.1 Å². The van der Waals surface area contributed by atoms with Gasteiger partial charge in [-0.2, -0.15) is 5.10 Å². The third kappa shape index (κ3) is 3.07. The molecule has 96 valence electrons. The molecule has 4 nitrogen and oxygen atoms in total. The van der Waals surface area contributed by atoms with E-state index >= 15 is 0 Å². The minimum absolute atomic E-state index is 0.266. The van der Waals surface area contributed by atoms with Crippen molar-refractivity contribution in [1.82, 2.24) is 15.1 Å². The Bertz CT molecular complexity index is 512. The third-order valence-corrected chi connectivity index (χ3v) is 2.62. The average Bonchev–Trinajstić information content (AvgIpc) is 2.84. The molecule has 1 unspecified atom stereocenters. The van der Waals surface area contributed by atoms with Crippen LogP contribution in [0, 0.1) is 5.82 Å². The lowest BCUT2D eigenvalue weighted by Crippen LogP contribution is -2.28. The number of rotatable bonds is 5. The number of likely N-dealkylation sites (N-methyl/N-ethyl adjacent to an activating group) is 1. The lowest BCUT2D eigenvalue weighted by molar-refractivity contribution is 0.280. The summed E-state index contributed by atoms with van der Waals surface area (Å²) in [5, 5.41) is 7.22. The van der Waals surface area contributed by atoms with Crippen molar-refractivity contribution in [1.29, 1.82) is 0 Å². The van der Waals surface area contributed by atoms with Gasteiger partial charge in [-0.3, -0.25) is 0 Å². The van der Waals surface area contributed by atoms with Crippen LogP contribution in [-0.2, 0) is 0 Å². The molecule has 0 saturated carbocycles. The lowest BCUT2D eigenvalue weighted by atomic mass is 10.3. The first-order valence-electron chi connectivity index (χ1n) is 5.79. The molecule has 18 heavy (non-hydrogen) atoms. The second-order valence-corrected chi connectivity index (χ2v) is 4.10. The molecular weight excluding hydrogens is 233 g/mol. The first-order valence-corrected chi connectivity index (χ1v) is 5.79. The lowest BCUT2D eigenvalue weighted by Gasteiger charge is -2.09. The van der Waals surface area contributed by atoms with Crippen molar-refractivity contribution < 1.29 is 9.13 Å². The van der Waals surface area contributed by atoms with E-state index < -0.39 is 0 Å². The molecule has 1 aromatic carbocycles. The van der Waals surface area contributed by atoms with Gasteiger partial charge in [0.25, 0.3) is 0 Å². The minimum atomic E-state index is -0.283. The summed E-state index contributed by atoms with van der Waals surface area (Å²) in [5.74, 6) is 0.385. The van der Waals surface area contributed by atoms with Gasteiger partial charge in [-0.05, 0) is 32.2 Å². The molecule has 1 atom stereocenters. The number of aromatic nitrogens is 2. The van der Waals surface area contributed by atoms with Crippen LogP contribution in [0.1, 0.15) is 6.92 Å². The molecule has 1 heterocycles. The van der Waals surface area contributed by atoms with Crippen molar-refractivity contribution in [3.05, 3.63) is 42.5 Å². The molecule has 2 rings (SSSR count). The first kappa shape index (κ1) is 12.6. The van der Waals surface area contributed by atoms with Gasteiger partial charge < -0.3 is 10.1 Å².